The van der Waals surface area contributed by atoms with E-state index >= 15 is 0 Å². The Morgan fingerprint density at radius 2 is 1.90 bits per heavy atom. The molecule has 120 valence electrons. The van der Waals surface area contributed by atoms with Gasteiger partial charge in [0.15, 0.2) is 0 Å². The van der Waals surface area contributed by atoms with Crippen molar-refractivity contribution in [3.63, 3.8) is 0 Å². The number of rotatable bonds is 4. The third-order valence-electron chi connectivity index (χ3n) is 4.61. The minimum Gasteiger partial charge on any atom is -0.481 e. The van der Waals surface area contributed by atoms with E-state index in [-0.39, 0.29) is 31.0 Å². The molecule has 0 aromatic carbocycles. The molecule has 0 spiro atoms. The van der Waals surface area contributed by atoms with Crippen LogP contribution in [0.4, 0.5) is 4.79 Å². The summed E-state index contributed by atoms with van der Waals surface area (Å²) in [6.45, 7) is 2.23. The highest BCUT2D eigenvalue weighted by atomic mass is 16.4. The monoisotopic (exact) mass is 298 g/mol. The van der Waals surface area contributed by atoms with Crippen LogP contribution in [0.25, 0.3) is 0 Å². The molecule has 0 saturated carbocycles. The average molecular weight is 298 g/mol. The number of urea groups is 1. The summed E-state index contributed by atoms with van der Waals surface area (Å²) in [4.78, 5) is 27.2. The maximum atomic E-state index is 12.7. The Labute approximate surface area is 125 Å². The van der Waals surface area contributed by atoms with Crippen molar-refractivity contribution in [1.82, 2.24) is 9.80 Å². The zero-order valence-electron chi connectivity index (χ0n) is 12.5. The van der Waals surface area contributed by atoms with Crippen molar-refractivity contribution in [2.24, 2.45) is 5.92 Å². The normalized spacial score (nSPS) is 26.7. The van der Waals surface area contributed by atoms with E-state index < -0.39 is 5.97 Å². The molecule has 21 heavy (non-hydrogen) atoms. The Morgan fingerprint density at radius 1 is 1.10 bits per heavy atom. The number of carbonyl (C=O) groups is 2. The van der Waals surface area contributed by atoms with Crippen molar-refractivity contribution >= 4 is 12.0 Å². The van der Waals surface area contributed by atoms with Crippen molar-refractivity contribution in [3.05, 3.63) is 0 Å². The Kier molecular flexibility index (Phi) is 5.85. The van der Waals surface area contributed by atoms with Crippen molar-refractivity contribution < 1.29 is 19.8 Å². The lowest BCUT2D eigenvalue weighted by atomic mass is 9.97. The number of hydrogen-bond acceptors (Lipinski definition) is 3. The van der Waals surface area contributed by atoms with Crippen molar-refractivity contribution in [3.8, 4) is 0 Å². The van der Waals surface area contributed by atoms with Gasteiger partial charge in [-0.3, -0.25) is 4.79 Å². The maximum absolute atomic E-state index is 12.7. The van der Waals surface area contributed by atoms with Crippen LogP contribution < -0.4 is 0 Å². The van der Waals surface area contributed by atoms with Gasteiger partial charge < -0.3 is 20.0 Å². The van der Waals surface area contributed by atoms with Crippen LogP contribution in [-0.2, 0) is 4.79 Å². The Morgan fingerprint density at radius 3 is 2.62 bits per heavy atom. The van der Waals surface area contributed by atoms with Crippen LogP contribution in [0.2, 0.25) is 0 Å². The number of hydrogen-bond donors (Lipinski definition) is 2. The van der Waals surface area contributed by atoms with Gasteiger partial charge in [-0.15, -0.1) is 0 Å². The van der Waals surface area contributed by atoms with Crippen molar-refractivity contribution in [1.29, 1.82) is 0 Å². The first-order chi connectivity index (χ1) is 10.1. The van der Waals surface area contributed by atoms with Gasteiger partial charge in [0, 0.05) is 38.7 Å². The van der Waals surface area contributed by atoms with Crippen LogP contribution in [0.3, 0.4) is 0 Å². The van der Waals surface area contributed by atoms with Crippen molar-refractivity contribution in [2.45, 2.75) is 51.0 Å². The first-order valence-electron chi connectivity index (χ1n) is 8.00. The van der Waals surface area contributed by atoms with Gasteiger partial charge in [0.05, 0.1) is 0 Å². The molecule has 2 fully saturated rings. The molecule has 2 unspecified atom stereocenters. The van der Waals surface area contributed by atoms with Gasteiger partial charge in [0.25, 0.3) is 0 Å². The van der Waals surface area contributed by atoms with Gasteiger partial charge in [0.1, 0.15) is 0 Å². The van der Waals surface area contributed by atoms with E-state index in [1.807, 2.05) is 9.80 Å². The zero-order valence-corrected chi connectivity index (χ0v) is 12.5. The molecular formula is C15H26N2O4. The topological polar surface area (TPSA) is 81.1 Å². The molecule has 0 radical (unpaired) electrons. The SMILES string of the molecule is O=C(O)CCC1CCCCN1C(=O)N1CCCC(CO)C1. The number of piperidine rings is 2. The molecule has 2 rings (SSSR count). The lowest BCUT2D eigenvalue weighted by Gasteiger charge is -2.41. The van der Waals surface area contributed by atoms with E-state index in [0.29, 0.717) is 13.0 Å². The van der Waals surface area contributed by atoms with E-state index in [1.165, 1.54) is 0 Å². The molecule has 0 aromatic heterocycles. The molecule has 2 aliphatic heterocycles. The summed E-state index contributed by atoms with van der Waals surface area (Å²) in [5, 5.41) is 18.1. The molecule has 0 bridgehead atoms. The molecule has 6 nitrogen and oxygen atoms in total. The quantitative estimate of drug-likeness (QED) is 0.824. The lowest BCUT2D eigenvalue weighted by Crippen LogP contribution is -2.53. The third-order valence-corrected chi connectivity index (χ3v) is 4.61. The molecule has 0 aliphatic carbocycles. The number of carbonyl (C=O) groups excluding carboxylic acids is 1. The van der Waals surface area contributed by atoms with Gasteiger partial charge in [-0.25, -0.2) is 4.79 Å². The fraction of sp³-hybridized carbons (Fsp3) is 0.867. The molecular weight excluding hydrogens is 272 g/mol. The van der Waals surface area contributed by atoms with Gasteiger partial charge in [-0.05, 0) is 44.4 Å². The average Bonchev–Trinajstić information content (AvgIpc) is 2.52. The fourth-order valence-corrected chi connectivity index (χ4v) is 3.41. The number of aliphatic hydroxyl groups excluding tert-OH is 1. The van der Waals surface area contributed by atoms with E-state index in [9.17, 15) is 14.7 Å². The summed E-state index contributed by atoms with van der Waals surface area (Å²) in [5.74, 6) is -0.615. The molecule has 2 N–H and O–H groups in total. The van der Waals surface area contributed by atoms with Gasteiger partial charge >= 0.3 is 12.0 Å². The second-order valence-electron chi connectivity index (χ2n) is 6.19. The zero-order chi connectivity index (χ0) is 15.2. The molecule has 2 amide bonds. The summed E-state index contributed by atoms with van der Waals surface area (Å²) >= 11 is 0. The first kappa shape index (κ1) is 16.1. The van der Waals surface area contributed by atoms with Crippen molar-refractivity contribution in [2.75, 3.05) is 26.2 Å². The number of carboxylic acid groups (broad SMARTS) is 1. The molecule has 2 saturated heterocycles. The lowest BCUT2D eigenvalue weighted by molar-refractivity contribution is -0.137. The third kappa shape index (κ3) is 4.33. The van der Waals surface area contributed by atoms with Crippen LogP contribution >= 0.6 is 0 Å². The number of aliphatic carboxylic acids is 1. The minimum absolute atomic E-state index is 0.0308. The van der Waals surface area contributed by atoms with Gasteiger partial charge in [-0.1, -0.05) is 0 Å². The number of amides is 2. The summed E-state index contributed by atoms with van der Waals surface area (Å²) in [7, 11) is 0. The van der Waals surface area contributed by atoms with Crippen LogP contribution in [0.15, 0.2) is 0 Å². The molecule has 2 heterocycles. The number of aliphatic hydroxyl groups is 1. The second kappa shape index (κ2) is 7.64. The summed E-state index contributed by atoms with van der Waals surface area (Å²) in [5.41, 5.74) is 0. The largest absolute Gasteiger partial charge is 0.481 e. The summed E-state index contributed by atoms with van der Waals surface area (Å²) in [6.07, 6.45) is 5.52. The van der Waals surface area contributed by atoms with E-state index in [0.717, 1.165) is 45.2 Å². The number of likely N-dealkylation sites (tertiary alicyclic amines) is 2. The van der Waals surface area contributed by atoms with Crippen LogP contribution in [0.1, 0.15) is 44.9 Å². The number of carboxylic acids is 1. The highest BCUT2D eigenvalue weighted by Gasteiger charge is 2.32. The van der Waals surface area contributed by atoms with Crippen LogP contribution in [0.5, 0.6) is 0 Å². The van der Waals surface area contributed by atoms with Gasteiger partial charge in [0.2, 0.25) is 0 Å². The van der Waals surface area contributed by atoms with Gasteiger partial charge in [-0.2, -0.15) is 0 Å². The fourth-order valence-electron chi connectivity index (χ4n) is 3.41. The minimum atomic E-state index is -0.800. The molecule has 2 aliphatic rings. The first-order valence-corrected chi connectivity index (χ1v) is 8.00. The maximum Gasteiger partial charge on any atom is 0.320 e. The van der Waals surface area contributed by atoms with E-state index in [2.05, 4.69) is 0 Å². The summed E-state index contributed by atoms with van der Waals surface area (Å²) in [6, 6.07) is 0.0834. The highest BCUT2D eigenvalue weighted by Crippen LogP contribution is 2.24. The predicted molar refractivity (Wildman–Crippen MR) is 78.0 cm³/mol. The molecule has 6 heteroatoms. The smallest absolute Gasteiger partial charge is 0.320 e. The predicted octanol–water partition coefficient (Wildman–Crippen LogP) is 1.53. The summed E-state index contributed by atoms with van der Waals surface area (Å²) < 4.78 is 0. The second-order valence-corrected chi connectivity index (χ2v) is 6.19. The van der Waals surface area contributed by atoms with E-state index in [1.54, 1.807) is 0 Å². The van der Waals surface area contributed by atoms with Crippen LogP contribution in [-0.4, -0.2) is 64.3 Å². The Hall–Kier alpha value is -1.30. The standard InChI is InChI=1S/C15H26N2O4/c18-11-12-4-3-8-16(10-12)15(21)17-9-2-1-5-13(17)6-7-14(19)20/h12-13,18H,1-11H2,(H,19,20). The number of nitrogens with zero attached hydrogens (tertiary/aromatic N) is 2. The highest BCUT2D eigenvalue weighted by molar-refractivity contribution is 5.75. The Bertz CT molecular complexity index is 375. The molecule has 0 aromatic rings. The molecule has 2 atom stereocenters. The Balaban J connectivity index is 1.95. The van der Waals surface area contributed by atoms with E-state index in [4.69, 9.17) is 5.11 Å². The van der Waals surface area contributed by atoms with Crippen LogP contribution in [0, 0.1) is 5.92 Å².